The molecule has 0 atom stereocenters. The van der Waals surface area contributed by atoms with E-state index in [1.807, 2.05) is 29.6 Å². The highest BCUT2D eigenvalue weighted by Crippen LogP contribution is 2.27. The van der Waals surface area contributed by atoms with Crippen LogP contribution in [0.5, 0.6) is 0 Å². The van der Waals surface area contributed by atoms with Gasteiger partial charge in [0, 0.05) is 0 Å². The SMILES string of the molecule is O=C(Cc1cnc2sc3ccccc3n12)Nc1cccs1. The number of thiazole rings is 1. The molecule has 0 bridgehead atoms. The van der Waals surface area contributed by atoms with Gasteiger partial charge in [-0.1, -0.05) is 23.5 Å². The van der Waals surface area contributed by atoms with E-state index in [0.29, 0.717) is 6.42 Å². The van der Waals surface area contributed by atoms with Crippen molar-refractivity contribution in [2.45, 2.75) is 6.42 Å². The summed E-state index contributed by atoms with van der Waals surface area (Å²) in [5.74, 6) is -0.0190. The number of benzene rings is 1. The van der Waals surface area contributed by atoms with Gasteiger partial charge in [0.15, 0.2) is 4.96 Å². The average Bonchev–Trinajstić information content (AvgIpc) is 3.16. The smallest absolute Gasteiger partial charge is 0.230 e. The summed E-state index contributed by atoms with van der Waals surface area (Å²) in [6, 6.07) is 12.0. The third kappa shape index (κ3) is 2.22. The predicted molar refractivity (Wildman–Crippen MR) is 87.2 cm³/mol. The summed E-state index contributed by atoms with van der Waals surface area (Å²) in [6.07, 6.45) is 2.10. The Bertz CT molecular complexity index is 921. The minimum Gasteiger partial charge on any atom is -0.317 e. The number of fused-ring (bicyclic) bond motifs is 3. The van der Waals surface area contributed by atoms with Gasteiger partial charge < -0.3 is 5.32 Å². The van der Waals surface area contributed by atoms with Crippen molar-refractivity contribution in [1.82, 2.24) is 9.38 Å². The number of carbonyl (C=O) groups is 1. The third-order valence-electron chi connectivity index (χ3n) is 3.24. The number of hydrogen-bond donors (Lipinski definition) is 1. The number of thiophene rings is 1. The van der Waals surface area contributed by atoms with Crippen LogP contribution in [0.25, 0.3) is 15.2 Å². The molecule has 3 heterocycles. The van der Waals surface area contributed by atoms with Crippen LogP contribution in [0.1, 0.15) is 5.69 Å². The molecule has 1 aromatic carbocycles. The maximum atomic E-state index is 12.1. The number of rotatable bonds is 3. The van der Waals surface area contributed by atoms with Crippen molar-refractivity contribution in [3.63, 3.8) is 0 Å². The van der Waals surface area contributed by atoms with Crippen LogP contribution >= 0.6 is 22.7 Å². The summed E-state index contributed by atoms with van der Waals surface area (Å²) >= 11 is 3.16. The van der Waals surface area contributed by atoms with Crippen molar-refractivity contribution in [2.24, 2.45) is 0 Å². The maximum absolute atomic E-state index is 12.1. The van der Waals surface area contributed by atoms with E-state index in [9.17, 15) is 4.79 Å². The molecule has 4 rings (SSSR count). The molecule has 0 aliphatic rings. The Balaban J connectivity index is 1.68. The number of nitrogens with one attached hydrogen (secondary N) is 1. The lowest BCUT2D eigenvalue weighted by molar-refractivity contribution is -0.115. The Kier molecular flexibility index (Phi) is 2.98. The van der Waals surface area contributed by atoms with Gasteiger partial charge in [0.1, 0.15) is 0 Å². The van der Waals surface area contributed by atoms with Crippen LogP contribution in [-0.4, -0.2) is 15.3 Å². The second-order valence-corrected chi connectivity index (χ2v) is 6.60. The van der Waals surface area contributed by atoms with E-state index >= 15 is 0 Å². The number of nitrogens with zero attached hydrogens (tertiary/aromatic N) is 2. The van der Waals surface area contributed by atoms with Crippen molar-refractivity contribution in [3.8, 4) is 0 Å². The van der Waals surface area contributed by atoms with Crippen LogP contribution in [0.4, 0.5) is 5.00 Å². The number of carbonyl (C=O) groups excluding carboxylic acids is 1. The first-order valence-electron chi connectivity index (χ1n) is 6.48. The Hall–Kier alpha value is -2.18. The minimum atomic E-state index is -0.0190. The van der Waals surface area contributed by atoms with Gasteiger partial charge in [-0.25, -0.2) is 4.98 Å². The zero-order chi connectivity index (χ0) is 14.2. The van der Waals surface area contributed by atoms with Crippen molar-refractivity contribution in [1.29, 1.82) is 0 Å². The molecule has 0 fully saturated rings. The molecule has 1 N–H and O–H groups in total. The molecule has 0 spiro atoms. The molecule has 4 aromatic rings. The standard InChI is InChI=1S/C15H11N3OS2/c19-13(17-14-6-3-7-20-14)8-10-9-16-15-18(10)11-4-1-2-5-12(11)21-15/h1-7,9H,8H2,(H,17,19). The topological polar surface area (TPSA) is 46.4 Å². The number of anilines is 1. The van der Waals surface area contributed by atoms with Crippen LogP contribution < -0.4 is 5.32 Å². The Morgan fingerprint density at radius 1 is 1.24 bits per heavy atom. The maximum Gasteiger partial charge on any atom is 0.230 e. The molecule has 0 unspecified atom stereocenters. The number of amides is 1. The zero-order valence-corrected chi connectivity index (χ0v) is 12.6. The quantitative estimate of drug-likeness (QED) is 0.625. The number of hydrogen-bond acceptors (Lipinski definition) is 4. The summed E-state index contributed by atoms with van der Waals surface area (Å²) in [6.45, 7) is 0. The van der Waals surface area contributed by atoms with Crippen LogP contribution in [0.15, 0.2) is 48.0 Å². The molecule has 0 saturated heterocycles. The third-order valence-corrected chi connectivity index (χ3v) is 5.06. The molecule has 0 aliphatic heterocycles. The summed E-state index contributed by atoms with van der Waals surface area (Å²) in [5.41, 5.74) is 2.02. The highest BCUT2D eigenvalue weighted by atomic mass is 32.1. The molecule has 0 aliphatic carbocycles. The molecule has 1 amide bonds. The molecule has 3 aromatic heterocycles. The number of aromatic nitrogens is 2. The second kappa shape index (κ2) is 4.98. The molecular weight excluding hydrogens is 302 g/mol. The first kappa shape index (κ1) is 12.6. The molecule has 0 radical (unpaired) electrons. The molecule has 0 saturated carbocycles. The van der Waals surface area contributed by atoms with Crippen LogP contribution in [0.3, 0.4) is 0 Å². The van der Waals surface area contributed by atoms with E-state index in [1.54, 1.807) is 17.5 Å². The van der Waals surface area contributed by atoms with E-state index < -0.39 is 0 Å². The molecular formula is C15H11N3OS2. The van der Waals surface area contributed by atoms with Crippen LogP contribution in [0.2, 0.25) is 0 Å². The summed E-state index contributed by atoms with van der Waals surface area (Å²) in [5, 5.41) is 5.72. The Labute approximate surface area is 128 Å². The zero-order valence-electron chi connectivity index (χ0n) is 10.9. The predicted octanol–water partition coefficient (Wildman–Crippen LogP) is 3.79. The lowest BCUT2D eigenvalue weighted by atomic mass is 10.3. The normalized spacial score (nSPS) is 11.2. The van der Waals surface area contributed by atoms with Crippen molar-refractivity contribution >= 4 is 48.8 Å². The van der Waals surface area contributed by atoms with E-state index in [4.69, 9.17) is 0 Å². The number of imidazole rings is 1. The Morgan fingerprint density at radius 3 is 3.00 bits per heavy atom. The van der Waals surface area contributed by atoms with E-state index in [1.165, 1.54) is 16.0 Å². The summed E-state index contributed by atoms with van der Waals surface area (Å²) in [4.78, 5) is 17.5. The number of para-hydroxylation sites is 1. The van der Waals surface area contributed by atoms with E-state index in [0.717, 1.165) is 21.2 Å². The molecule has 104 valence electrons. The van der Waals surface area contributed by atoms with Crippen molar-refractivity contribution in [3.05, 3.63) is 53.7 Å². The van der Waals surface area contributed by atoms with E-state index in [-0.39, 0.29) is 5.91 Å². The first-order chi connectivity index (χ1) is 10.3. The summed E-state index contributed by atoms with van der Waals surface area (Å²) in [7, 11) is 0. The van der Waals surface area contributed by atoms with Gasteiger partial charge in [0.05, 0.1) is 33.5 Å². The van der Waals surface area contributed by atoms with Gasteiger partial charge in [0.25, 0.3) is 0 Å². The van der Waals surface area contributed by atoms with Gasteiger partial charge >= 0.3 is 0 Å². The fourth-order valence-electron chi connectivity index (χ4n) is 2.34. The largest absolute Gasteiger partial charge is 0.317 e. The fourth-order valence-corrected chi connectivity index (χ4v) is 4.00. The average molecular weight is 313 g/mol. The molecule has 21 heavy (non-hydrogen) atoms. The van der Waals surface area contributed by atoms with Gasteiger partial charge in [-0.2, -0.15) is 0 Å². The molecule has 4 nitrogen and oxygen atoms in total. The van der Waals surface area contributed by atoms with Gasteiger partial charge in [0.2, 0.25) is 5.91 Å². The monoisotopic (exact) mass is 313 g/mol. The van der Waals surface area contributed by atoms with Gasteiger partial charge in [-0.15, -0.1) is 11.3 Å². The molecule has 6 heteroatoms. The van der Waals surface area contributed by atoms with Gasteiger partial charge in [-0.3, -0.25) is 9.20 Å². The highest BCUT2D eigenvalue weighted by molar-refractivity contribution is 7.23. The van der Waals surface area contributed by atoms with Crippen LogP contribution in [0, 0.1) is 0 Å². The first-order valence-corrected chi connectivity index (χ1v) is 8.18. The van der Waals surface area contributed by atoms with Crippen molar-refractivity contribution < 1.29 is 4.79 Å². The van der Waals surface area contributed by atoms with Gasteiger partial charge in [-0.05, 0) is 29.6 Å². The lowest BCUT2D eigenvalue weighted by Crippen LogP contribution is -2.14. The summed E-state index contributed by atoms with van der Waals surface area (Å²) < 4.78 is 3.24. The second-order valence-electron chi connectivity index (χ2n) is 4.64. The van der Waals surface area contributed by atoms with Crippen LogP contribution in [-0.2, 0) is 11.2 Å². The van der Waals surface area contributed by atoms with E-state index in [2.05, 4.69) is 26.8 Å². The Morgan fingerprint density at radius 2 is 2.14 bits per heavy atom. The fraction of sp³-hybridized carbons (Fsp3) is 0.0667. The minimum absolute atomic E-state index is 0.0190. The lowest BCUT2D eigenvalue weighted by Gasteiger charge is -2.02. The highest BCUT2D eigenvalue weighted by Gasteiger charge is 2.13. The van der Waals surface area contributed by atoms with Crippen molar-refractivity contribution in [2.75, 3.05) is 5.32 Å².